The molecule has 0 aromatic heterocycles. The zero-order valence-electron chi connectivity index (χ0n) is 16.1. The van der Waals surface area contributed by atoms with Gasteiger partial charge in [-0.3, -0.25) is 15.1 Å². The van der Waals surface area contributed by atoms with Gasteiger partial charge in [-0.05, 0) is 37.0 Å². The van der Waals surface area contributed by atoms with Crippen molar-refractivity contribution in [1.82, 2.24) is 0 Å². The van der Waals surface area contributed by atoms with Gasteiger partial charge in [0.1, 0.15) is 6.10 Å². The molecule has 26 heavy (non-hydrogen) atoms. The van der Waals surface area contributed by atoms with Gasteiger partial charge in [-0.2, -0.15) is 0 Å². The number of aliphatic imine (C=N–C) groups is 1. The number of nitro groups is 1. The molecule has 0 N–H and O–H groups in total. The van der Waals surface area contributed by atoms with Gasteiger partial charge in [-0.25, -0.2) is 4.79 Å². The Balaban J connectivity index is 1.69. The molecule has 4 rings (SSSR count). The number of ether oxygens (including phenoxy) is 1. The monoisotopic (exact) mass is 362 g/mol. The highest BCUT2D eigenvalue weighted by Crippen LogP contribution is 2.65. The number of hydrogen-bond donors (Lipinski definition) is 0. The third-order valence-corrected chi connectivity index (χ3v) is 8.29. The van der Waals surface area contributed by atoms with Gasteiger partial charge in [0.05, 0.1) is 11.6 Å². The van der Waals surface area contributed by atoms with E-state index in [0.717, 1.165) is 44.2 Å². The number of carbonyl (C=O) groups is 1. The Hall–Kier alpha value is -1.46. The summed E-state index contributed by atoms with van der Waals surface area (Å²) in [5, 5.41) is 11.3. The fourth-order valence-corrected chi connectivity index (χ4v) is 6.29. The minimum Gasteiger partial charge on any atom is -0.454 e. The topological polar surface area (TPSA) is 81.8 Å². The minimum absolute atomic E-state index is 0.0507. The van der Waals surface area contributed by atoms with Crippen molar-refractivity contribution in [3.05, 3.63) is 10.1 Å². The molecular formula is C20H30N2O4. The van der Waals surface area contributed by atoms with Gasteiger partial charge in [0.25, 0.3) is 0 Å². The van der Waals surface area contributed by atoms with E-state index in [1.54, 1.807) is 0 Å². The molecule has 2 bridgehead atoms. The first-order valence-corrected chi connectivity index (χ1v) is 10.2. The molecule has 6 heteroatoms. The third-order valence-electron chi connectivity index (χ3n) is 8.29. The number of nitrogens with zero attached hydrogens (tertiary/aromatic N) is 2. The van der Waals surface area contributed by atoms with Crippen LogP contribution in [0.5, 0.6) is 0 Å². The van der Waals surface area contributed by atoms with Crippen molar-refractivity contribution in [2.45, 2.75) is 77.9 Å². The summed E-state index contributed by atoms with van der Waals surface area (Å²) in [6.07, 6.45) is 7.19. The van der Waals surface area contributed by atoms with Crippen LogP contribution in [0.4, 0.5) is 0 Å². The Bertz CT molecular complexity index is 652. The maximum atomic E-state index is 12.8. The van der Waals surface area contributed by atoms with Crippen molar-refractivity contribution in [2.75, 3.05) is 6.54 Å². The highest BCUT2D eigenvalue weighted by atomic mass is 16.6. The predicted molar refractivity (Wildman–Crippen MR) is 97.6 cm³/mol. The molecule has 0 aromatic carbocycles. The lowest BCUT2D eigenvalue weighted by Gasteiger charge is -2.38. The minimum atomic E-state index is -0.693. The van der Waals surface area contributed by atoms with E-state index in [0.29, 0.717) is 5.92 Å². The first-order valence-electron chi connectivity index (χ1n) is 10.2. The Morgan fingerprint density at radius 2 is 1.92 bits per heavy atom. The first-order chi connectivity index (χ1) is 12.3. The van der Waals surface area contributed by atoms with E-state index in [2.05, 4.69) is 20.8 Å². The number of fused-ring (bicyclic) bond motifs is 5. The van der Waals surface area contributed by atoms with Crippen LogP contribution >= 0.6 is 0 Å². The SMILES string of the molecule is CC1(C)[C@H]2CC[C@]1(C)C1=N[C@H]([C@H](C[N+](=O)[O-])C3CCCCC3)C(=O)O[C@H]12. The second kappa shape index (κ2) is 6.03. The molecule has 4 aliphatic rings. The van der Waals surface area contributed by atoms with Crippen molar-refractivity contribution in [1.29, 1.82) is 0 Å². The molecular weight excluding hydrogens is 332 g/mol. The predicted octanol–water partition coefficient (Wildman–Crippen LogP) is 3.65. The van der Waals surface area contributed by atoms with Crippen LogP contribution in [0, 0.1) is 38.7 Å². The standard InChI is InChI=1S/C20H30N2O4/c1-19(2)14-9-10-20(19,3)17-16(14)26-18(23)15(21-17)13(11-22(24)25)12-7-5-4-6-8-12/h12-16H,4-11H2,1-3H3/t13-,14+,15-,16+,20-/m1/s1. The van der Waals surface area contributed by atoms with E-state index in [9.17, 15) is 14.9 Å². The van der Waals surface area contributed by atoms with E-state index >= 15 is 0 Å². The smallest absolute Gasteiger partial charge is 0.332 e. The van der Waals surface area contributed by atoms with Crippen LogP contribution < -0.4 is 0 Å². The van der Waals surface area contributed by atoms with Crippen LogP contribution in [-0.4, -0.2) is 35.3 Å². The van der Waals surface area contributed by atoms with Gasteiger partial charge in [0, 0.05) is 16.3 Å². The zero-order valence-corrected chi connectivity index (χ0v) is 16.1. The van der Waals surface area contributed by atoms with E-state index in [-0.39, 0.29) is 46.2 Å². The van der Waals surface area contributed by atoms with Crippen LogP contribution in [0.3, 0.4) is 0 Å². The lowest BCUT2D eigenvalue weighted by Crippen LogP contribution is -2.49. The molecule has 6 nitrogen and oxygen atoms in total. The normalized spacial score (nSPS) is 39.9. The maximum absolute atomic E-state index is 12.8. The average Bonchev–Trinajstić information content (AvgIpc) is 2.92. The quantitative estimate of drug-likeness (QED) is 0.434. The maximum Gasteiger partial charge on any atom is 0.332 e. The van der Waals surface area contributed by atoms with Crippen LogP contribution in [0.25, 0.3) is 0 Å². The first kappa shape index (κ1) is 17.9. The highest BCUT2D eigenvalue weighted by molar-refractivity contribution is 6.03. The van der Waals surface area contributed by atoms with Crippen molar-refractivity contribution in [2.24, 2.45) is 33.6 Å². The molecule has 1 aliphatic heterocycles. The molecule has 0 aromatic rings. The van der Waals surface area contributed by atoms with Gasteiger partial charge in [0.2, 0.25) is 6.54 Å². The zero-order chi connectivity index (χ0) is 18.7. The van der Waals surface area contributed by atoms with Gasteiger partial charge < -0.3 is 4.74 Å². The highest BCUT2D eigenvalue weighted by Gasteiger charge is 2.67. The molecule has 5 atom stereocenters. The fourth-order valence-electron chi connectivity index (χ4n) is 6.29. The molecule has 0 spiro atoms. The second-order valence-corrected chi connectivity index (χ2v) is 9.59. The van der Waals surface area contributed by atoms with Gasteiger partial charge in [-0.15, -0.1) is 0 Å². The molecule has 0 saturated heterocycles. The van der Waals surface area contributed by atoms with Crippen LogP contribution in [0.1, 0.15) is 65.7 Å². The van der Waals surface area contributed by atoms with E-state index < -0.39 is 6.04 Å². The molecule has 0 unspecified atom stereocenters. The summed E-state index contributed by atoms with van der Waals surface area (Å²) in [5.74, 6) is -0.146. The van der Waals surface area contributed by atoms with E-state index in [1.165, 1.54) is 6.42 Å². The van der Waals surface area contributed by atoms with Gasteiger partial charge >= 0.3 is 5.97 Å². The number of hydrogen-bond acceptors (Lipinski definition) is 5. The summed E-state index contributed by atoms with van der Waals surface area (Å²) >= 11 is 0. The summed E-state index contributed by atoms with van der Waals surface area (Å²) < 4.78 is 5.92. The number of carbonyl (C=O) groups excluding carboxylic acids is 1. The third kappa shape index (κ3) is 2.43. The Morgan fingerprint density at radius 1 is 1.23 bits per heavy atom. The van der Waals surface area contributed by atoms with Crippen molar-refractivity contribution >= 4 is 11.7 Å². The molecule has 3 saturated carbocycles. The number of rotatable bonds is 4. The average molecular weight is 362 g/mol. The molecule has 0 amide bonds. The summed E-state index contributed by atoms with van der Waals surface area (Å²) in [4.78, 5) is 28.8. The van der Waals surface area contributed by atoms with Crippen LogP contribution in [-0.2, 0) is 9.53 Å². The van der Waals surface area contributed by atoms with Crippen LogP contribution in [0.15, 0.2) is 4.99 Å². The summed E-state index contributed by atoms with van der Waals surface area (Å²) in [5.41, 5.74) is 0.995. The molecule has 0 radical (unpaired) electrons. The number of esters is 1. The fraction of sp³-hybridized carbons (Fsp3) is 0.900. The molecule has 1 heterocycles. The second-order valence-electron chi connectivity index (χ2n) is 9.59. The Labute approximate surface area is 154 Å². The van der Waals surface area contributed by atoms with Crippen molar-refractivity contribution in [3.63, 3.8) is 0 Å². The van der Waals surface area contributed by atoms with Crippen LogP contribution in [0.2, 0.25) is 0 Å². The molecule has 3 fully saturated rings. The van der Waals surface area contributed by atoms with E-state index in [1.807, 2.05) is 0 Å². The summed E-state index contributed by atoms with van der Waals surface area (Å²) in [7, 11) is 0. The van der Waals surface area contributed by atoms with Gasteiger partial charge in [0.15, 0.2) is 6.04 Å². The molecule has 144 valence electrons. The largest absolute Gasteiger partial charge is 0.454 e. The summed E-state index contributed by atoms with van der Waals surface area (Å²) in [6, 6.07) is -0.693. The summed E-state index contributed by atoms with van der Waals surface area (Å²) in [6.45, 7) is 6.56. The molecule has 3 aliphatic carbocycles. The Morgan fingerprint density at radius 3 is 2.58 bits per heavy atom. The van der Waals surface area contributed by atoms with Crippen molar-refractivity contribution in [3.8, 4) is 0 Å². The van der Waals surface area contributed by atoms with Gasteiger partial charge in [-0.1, -0.05) is 40.0 Å². The van der Waals surface area contributed by atoms with E-state index in [4.69, 9.17) is 9.73 Å². The Kier molecular flexibility index (Phi) is 4.16. The lowest BCUT2D eigenvalue weighted by atomic mass is 9.70. The van der Waals surface area contributed by atoms with Crippen molar-refractivity contribution < 1.29 is 14.5 Å². The lowest BCUT2D eigenvalue weighted by molar-refractivity contribution is -0.490.